The predicted octanol–water partition coefficient (Wildman–Crippen LogP) is 2.82. The van der Waals surface area contributed by atoms with E-state index in [-0.39, 0.29) is 0 Å². The second kappa shape index (κ2) is 3.00. The van der Waals surface area contributed by atoms with Crippen molar-refractivity contribution in [3.63, 3.8) is 0 Å². The van der Waals surface area contributed by atoms with Gasteiger partial charge in [-0.15, -0.1) is 5.73 Å². The van der Waals surface area contributed by atoms with Crippen molar-refractivity contribution >= 4 is 0 Å². The summed E-state index contributed by atoms with van der Waals surface area (Å²) in [4.78, 5) is 0. The van der Waals surface area contributed by atoms with Crippen LogP contribution in [-0.4, -0.2) is 12.4 Å². The van der Waals surface area contributed by atoms with Gasteiger partial charge in [0.05, 0.1) is 12.2 Å². The first-order valence-electron chi connectivity index (χ1n) is 2.29. The third-order valence-corrected chi connectivity index (χ3v) is 0.494. The minimum atomic E-state index is -4.75. The van der Waals surface area contributed by atoms with Crippen LogP contribution >= 0.6 is 0 Å². The fourth-order valence-electron chi connectivity index (χ4n) is 0.231. The highest BCUT2D eigenvalue weighted by Gasteiger charge is 2.24. The Morgan fingerprint density at radius 2 is 1.00 bits per heavy atom. The van der Waals surface area contributed by atoms with Crippen LogP contribution in [0.3, 0.4) is 0 Å². The van der Waals surface area contributed by atoms with Crippen LogP contribution in [0.1, 0.15) is 0 Å². The molecule has 11 heavy (non-hydrogen) atoms. The summed E-state index contributed by atoms with van der Waals surface area (Å²) >= 11 is 0. The van der Waals surface area contributed by atoms with E-state index in [9.17, 15) is 26.3 Å². The van der Waals surface area contributed by atoms with Crippen molar-refractivity contribution in [3.8, 4) is 0 Å². The second-order valence-corrected chi connectivity index (χ2v) is 1.54. The molecule has 0 aliphatic carbocycles. The van der Waals surface area contributed by atoms with Gasteiger partial charge in [0.25, 0.3) is 0 Å². The zero-order chi connectivity index (χ0) is 9.12. The Kier molecular flexibility index (Phi) is 2.76. The number of hydrogen-bond donors (Lipinski definition) is 0. The zero-order valence-corrected chi connectivity index (χ0v) is 4.92. The first-order chi connectivity index (χ1) is 4.71. The molecule has 0 aliphatic rings. The van der Waals surface area contributed by atoms with Gasteiger partial charge in [-0.1, -0.05) is 0 Å². The van der Waals surface area contributed by atoms with E-state index in [0.717, 1.165) is 5.73 Å². The molecular formula is C5H2F6. The SMILES string of the molecule is FC(F)(F)C=C=CC(F)(F)F. The van der Waals surface area contributed by atoms with E-state index < -0.39 is 24.5 Å². The van der Waals surface area contributed by atoms with Gasteiger partial charge in [-0.05, 0) is 0 Å². The number of halogens is 6. The Hall–Kier alpha value is -0.900. The van der Waals surface area contributed by atoms with Gasteiger partial charge in [-0.3, -0.25) is 0 Å². The largest absolute Gasteiger partial charge is 0.416 e. The third-order valence-electron chi connectivity index (χ3n) is 0.494. The van der Waals surface area contributed by atoms with Crippen LogP contribution in [0.4, 0.5) is 26.3 Å². The van der Waals surface area contributed by atoms with Crippen molar-refractivity contribution in [1.82, 2.24) is 0 Å². The van der Waals surface area contributed by atoms with Crippen molar-refractivity contribution in [2.24, 2.45) is 0 Å². The Bertz CT molecular complexity index is 158. The topological polar surface area (TPSA) is 0 Å². The van der Waals surface area contributed by atoms with Gasteiger partial charge in [-0.2, -0.15) is 26.3 Å². The summed E-state index contributed by atoms with van der Waals surface area (Å²) < 4.78 is 66.8. The maximum Gasteiger partial charge on any atom is 0.416 e. The standard InChI is InChI=1S/C5H2F6/c6-4(7,8)2-1-3-5(9,10)11/h2-3H. The molecule has 0 atom stereocenters. The molecule has 0 aliphatic heterocycles. The second-order valence-electron chi connectivity index (χ2n) is 1.54. The fourth-order valence-corrected chi connectivity index (χ4v) is 0.231. The Labute approximate surface area is 57.8 Å². The highest BCUT2D eigenvalue weighted by Crippen LogP contribution is 2.18. The molecule has 0 aromatic carbocycles. The molecule has 0 amide bonds. The third kappa shape index (κ3) is 9.10. The van der Waals surface area contributed by atoms with Gasteiger partial charge in [0.1, 0.15) is 0 Å². The van der Waals surface area contributed by atoms with Crippen LogP contribution < -0.4 is 0 Å². The summed E-state index contributed by atoms with van der Waals surface area (Å²) in [5.41, 5.74) is 0.965. The normalized spacial score (nSPS) is 12.2. The molecule has 0 bridgehead atoms. The number of alkyl halides is 6. The van der Waals surface area contributed by atoms with Crippen molar-refractivity contribution in [2.75, 3.05) is 0 Å². The van der Waals surface area contributed by atoms with Crippen molar-refractivity contribution in [3.05, 3.63) is 17.9 Å². The smallest absolute Gasteiger partial charge is 0.166 e. The van der Waals surface area contributed by atoms with Crippen LogP contribution in [-0.2, 0) is 0 Å². The van der Waals surface area contributed by atoms with E-state index in [1.807, 2.05) is 0 Å². The number of rotatable bonds is 0. The van der Waals surface area contributed by atoms with Gasteiger partial charge in [-0.25, -0.2) is 0 Å². The molecule has 0 nitrogen and oxygen atoms in total. The molecule has 0 radical (unpaired) electrons. The molecule has 0 rings (SSSR count). The van der Waals surface area contributed by atoms with E-state index >= 15 is 0 Å². The molecule has 0 fully saturated rings. The lowest BCUT2D eigenvalue weighted by Crippen LogP contribution is -2.02. The van der Waals surface area contributed by atoms with Gasteiger partial charge >= 0.3 is 12.4 Å². The molecular weight excluding hydrogens is 174 g/mol. The molecule has 0 unspecified atom stereocenters. The molecule has 0 spiro atoms. The minimum Gasteiger partial charge on any atom is -0.166 e. The van der Waals surface area contributed by atoms with E-state index in [0.29, 0.717) is 0 Å². The lowest BCUT2D eigenvalue weighted by Gasteiger charge is -1.95. The summed E-state index contributed by atoms with van der Waals surface area (Å²) in [6, 6.07) is 0. The molecule has 0 aromatic heterocycles. The van der Waals surface area contributed by atoms with Gasteiger partial charge in [0.15, 0.2) is 0 Å². The monoisotopic (exact) mass is 176 g/mol. The molecule has 0 heterocycles. The van der Waals surface area contributed by atoms with Crippen molar-refractivity contribution in [1.29, 1.82) is 0 Å². The summed E-state index contributed by atoms with van der Waals surface area (Å²) in [6.07, 6.45) is -10.7. The van der Waals surface area contributed by atoms with Gasteiger partial charge in [0.2, 0.25) is 0 Å². The fraction of sp³-hybridized carbons (Fsp3) is 0.400. The van der Waals surface area contributed by atoms with Crippen LogP contribution in [0, 0.1) is 0 Å². The summed E-state index contributed by atoms with van der Waals surface area (Å²) in [5.74, 6) is 0. The van der Waals surface area contributed by atoms with Crippen LogP contribution in [0.2, 0.25) is 0 Å². The zero-order valence-electron chi connectivity index (χ0n) is 4.92. The van der Waals surface area contributed by atoms with Crippen LogP contribution in [0.25, 0.3) is 0 Å². The van der Waals surface area contributed by atoms with Crippen molar-refractivity contribution in [2.45, 2.75) is 12.4 Å². The van der Waals surface area contributed by atoms with Gasteiger partial charge < -0.3 is 0 Å². The van der Waals surface area contributed by atoms with E-state index in [1.54, 1.807) is 0 Å². The molecule has 64 valence electrons. The van der Waals surface area contributed by atoms with E-state index in [1.165, 1.54) is 0 Å². The number of hydrogen-bond acceptors (Lipinski definition) is 0. The molecule has 0 saturated carbocycles. The number of allylic oxidation sites excluding steroid dienone is 1. The average molecular weight is 176 g/mol. The summed E-state index contributed by atoms with van der Waals surface area (Å²) in [5, 5.41) is 0. The molecule has 6 heteroatoms. The highest BCUT2D eigenvalue weighted by atomic mass is 19.4. The lowest BCUT2D eigenvalue weighted by molar-refractivity contribution is -0.0823. The minimum absolute atomic E-state index is 0.611. The predicted molar refractivity (Wildman–Crippen MR) is 24.8 cm³/mol. The van der Waals surface area contributed by atoms with Crippen LogP contribution in [0.5, 0.6) is 0 Å². The highest BCUT2D eigenvalue weighted by molar-refractivity contribution is 4.93. The quantitative estimate of drug-likeness (QED) is 0.393. The lowest BCUT2D eigenvalue weighted by atomic mass is 10.5. The van der Waals surface area contributed by atoms with Gasteiger partial charge in [0, 0.05) is 0 Å². The molecule has 0 N–H and O–H groups in total. The summed E-state index contributed by atoms with van der Waals surface area (Å²) in [6.45, 7) is 0. The Morgan fingerprint density at radius 3 is 1.18 bits per heavy atom. The first-order valence-corrected chi connectivity index (χ1v) is 2.29. The maximum atomic E-state index is 11.1. The Morgan fingerprint density at radius 1 is 0.727 bits per heavy atom. The van der Waals surface area contributed by atoms with E-state index in [2.05, 4.69) is 0 Å². The average Bonchev–Trinajstić information content (AvgIpc) is 1.55. The first kappa shape index (κ1) is 10.1. The van der Waals surface area contributed by atoms with Crippen molar-refractivity contribution < 1.29 is 26.3 Å². The Balaban J connectivity index is 4.25. The maximum absolute atomic E-state index is 11.1. The van der Waals surface area contributed by atoms with E-state index in [4.69, 9.17) is 0 Å². The summed E-state index contributed by atoms with van der Waals surface area (Å²) in [7, 11) is 0. The molecule has 0 saturated heterocycles. The van der Waals surface area contributed by atoms with Crippen LogP contribution in [0.15, 0.2) is 17.9 Å². The molecule has 0 aromatic rings.